The molecule has 1 aromatic rings. The van der Waals surface area contributed by atoms with Crippen molar-refractivity contribution < 1.29 is 28.8 Å². The van der Waals surface area contributed by atoms with Crippen LogP contribution in [0.3, 0.4) is 0 Å². The zero-order valence-corrected chi connectivity index (χ0v) is 9.94. The van der Waals surface area contributed by atoms with Gasteiger partial charge in [0.05, 0.1) is 6.61 Å². The Morgan fingerprint density at radius 2 is 2.15 bits per heavy atom. The van der Waals surface area contributed by atoms with E-state index in [1.165, 1.54) is 0 Å². The topological polar surface area (TPSA) is 125 Å². The van der Waals surface area contributed by atoms with Crippen LogP contribution in [0, 0.1) is 0 Å². The number of aliphatic hydroxyl groups excluding tert-OH is 2. The van der Waals surface area contributed by atoms with Crippen molar-refractivity contribution in [2.45, 2.75) is 30.5 Å². The summed E-state index contributed by atoms with van der Waals surface area (Å²) in [5.41, 5.74) is -4.94. The molecule has 1 aliphatic rings. The molecular formula is C10H12F2N2O6. The van der Waals surface area contributed by atoms with E-state index in [-0.39, 0.29) is 0 Å². The van der Waals surface area contributed by atoms with Crippen LogP contribution in [0.2, 0.25) is 0 Å². The van der Waals surface area contributed by atoms with Crippen LogP contribution < -0.4 is 11.2 Å². The summed E-state index contributed by atoms with van der Waals surface area (Å²) in [7, 11) is 0. The first-order chi connectivity index (χ1) is 9.32. The molecule has 1 saturated heterocycles. The van der Waals surface area contributed by atoms with E-state index in [2.05, 4.69) is 0 Å². The van der Waals surface area contributed by atoms with Crippen LogP contribution >= 0.6 is 0 Å². The predicted octanol–water partition coefficient (Wildman–Crippen LogP) is -2.22. The van der Waals surface area contributed by atoms with Crippen LogP contribution in [0.1, 0.15) is 6.23 Å². The maximum atomic E-state index is 13.1. The summed E-state index contributed by atoms with van der Waals surface area (Å²) in [5.74, 6) is 0. The van der Waals surface area contributed by atoms with Crippen LogP contribution in [0.4, 0.5) is 8.78 Å². The van der Waals surface area contributed by atoms with Gasteiger partial charge in [0, 0.05) is 12.3 Å². The molecule has 0 radical (unpaired) electrons. The smallest absolute Gasteiger partial charge is 0.330 e. The molecule has 0 bridgehead atoms. The minimum atomic E-state index is -3.45. The highest BCUT2D eigenvalue weighted by Crippen LogP contribution is 2.41. The molecule has 10 heteroatoms. The van der Waals surface area contributed by atoms with Crippen molar-refractivity contribution in [3.05, 3.63) is 33.1 Å². The number of rotatable bonds is 3. The van der Waals surface area contributed by atoms with Crippen LogP contribution in [-0.4, -0.2) is 55.7 Å². The van der Waals surface area contributed by atoms with Gasteiger partial charge in [0.1, 0.15) is 12.2 Å². The van der Waals surface area contributed by atoms with Gasteiger partial charge in [-0.15, -0.1) is 0 Å². The molecule has 4 N–H and O–H groups in total. The van der Waals surface area contributed by atoms with Gasteiger partial charge in [-0.1, -0.05) is 0 Å². The lowest BCUT2D eigenvalue weighted by atomic mass is 9.94. The fourth-order valence-corrected chi connectivity index (χ4v) is 2.07. The molecule has 1 fully saturated rings. The van der Waals surface area contributed by atoms with Crippen molar-refractivity contribution >= 4 is 0 Å². The number of H-pyrrole nitrogens is 1. The van der Waals surface area contributed by atoms with Crippen molar-refractivity contribution in [3.8, 4) is 0 Å². The number of alkyl halides is 2. The number of nitrogens with one attached hydrogen (secondary N) is 1. The molecular weight excluding hydrogens is 282 g/mol. The average Bonchev–Trinajstić information content (AvgIpc) is 2.64. The normalized spacial score (nSPS) is 33.8. The molecule has 0 amide bonds. The Bertz CT molecular complexity index is 602. The van der Waals surface area contributed by atoms with E-state index in [0.29, 0.717) is 4.57 Å². The molecule has 2 heterocycles. The Balaban J connectivity index is 2.53. The fraction of sp³-hybridized carbons (Fsp3) is 0.600. The number of nitrogens with zero attached hydrogens (tertiary/aromatic N) is 1. The zero-order chi connectivity index (χ0) is 15.1. The second-order valence-corrected chi connectivity index (χ2v) is 4.36. The molecule has 0 spiro atoms. The Labute approximate surface area is 109 Å². The van der Waals surface area contributed by atoms with Crippen molar-refractivity contribution in [2.24, 2.45) is 0 Å². The quantitative estimate of drug-likeness (QED) is 0.500. The van der Waals surface area contributed by atoms with Crippen molar-refractivity contribution in [3.63, 3.8) is 0 Å². The molecule has 0 aliphatic carbocycles. The summed E-state index contributed by atoms with van der Waals surface area (Å²) in [6.07, 6.45) is -8.13. The number of hydrogen-bond donors (Lipinski definition) is 4. The second kappa shape index (κ2) is 5.05. The van der Waals surface area contributed by atoms with Gasteiger partial charge in [-0.3, -0.25) is 14.3 Å². The number of aromatic amines is 1. The molecule has 0 aromatic carbocycles. The van der Waals surface area contributed by atoms with Gasteiger partial charge < -0.3 is 20.1 Å². The van der Waals surface area contributed by atoms with Crippen LogP contribution in [0.25, 0.3) is 0 Å². The number of halogens is 2. The monoisotopic (exact) mass is 294 g/mol. The van der Waals surface area contributed by atoms with E-state index in [9.17, 15) is 28.6 Å². The average molecular weight is 294 g/mol. The fourth-order valence-electron chi connectivity index (χ4n) is 2.07. The highest BCUT2D eigenvalue weighted by atomic mass is 19.3. The number of aliphatic hydroxyl groups is 3. The third-order valence-electron chi connectivity index (χ3n) is 3.16. The minimum Gasteiger partial charge on any atom is -0.394 e. The van der Waals surface area contributed by atoms with E-state index in [1.807, 2.05) is 4.98 Å². The summed E-state index contributed by atoms with van der Waals surface area (Å²) in [6.45, 7) is -0.829. The summed E-state index contributed by atoms with van der Waals surface area (Å²) >= 11 is 0. The van der Waals surface area contributed by atoms with E-state index >= 15 is 0 Å². The Morgan fingerprint density at radius 3 is 2.65 bits per heavy atom. The SMILES string of the molecule is O=c1ccn([C@H]2O[C@H](CO)[C@@H](O)[C@@]2(O)C(F)F)c(=O)[nH]1. The summed E-state index contributed by atoms with van der Waals surface area (Å²) in [6, 6.07) is 0.870. The largest absolute Gasteiger partial charge is 0.394 e. The van der Waals surface area contributed by atoms with Gasteiger partial charge in [-0.2, -0.15) is 0 Å². The molecule has 1 aromatic heterocycles. The Kier molecular flexibility index (Phi) is 3.73. The Hall–Kier alpha value is -1.62. The number of hydrogen-bond acceptors (Lipinski definition) is 6. The summed E-state index contributed by atoms with van der Waals surface area (Å²) in [4.78, 5) is 24.3. The minimum absolute atomic E-state index is 0.520. The van der Waals surface area contributed by atoms with Crippen molar-refractivity contribution in [1.82, 2.24) is 9.55 Å². The van der Waals surface area contributed by atoms with Crippen LogP contribution in [0.5, 0.6) is 0 Å². The molecule has 8 nitrogen and oxygen atoms in total. The van der Waals surface area contributed by atoms with Gasteiger partial charge in [0.25, 0.3) is 12.0 Å². The van der Waals surface area contributed by atoms with E-state index in [1.54, 1.807) is 0 Å². The molecule has 20 heavy (non-hydrogen) atoms. The number of ether oxygens (including phenoxy) is 1. The first kappa shape index (κ1) is 14.8. The van der Waals surface area contributed by atoms with Gasteiger partial charge in [0.2, 0.25) is 0 Å². The highest BCUT2D eigenvalue weighted by Gasteiger charge is 2.62. The lowest BCUT2D eigenvalue weighted by Gasteiger charge is -2.30. The van der Waals surface area contributed by atoms with Gasteiger partial charge in [0.15, 0.2) is 11.8 Å². The van der Waals surface area contributed by atoms with Gasteiger partial charge in [-0.05, 0) is 0 Å². The Morgan fingerprint density at radius 1 is 1.50 bits per heavy atom. The third kappa shape index (κ3) is 2.06. The van der Waals surface area contributed by atoms with Crippen LogP contribution in [-0.2, 0) is 4.74 Å². The molecule has 1 aliphatic heterocycles. The first-order valence-corrected chi connectivity index (χ1v) is 5.58. The molecule has 4 atom stereocenters. The zero-order valence-electron chi connectivity index (χ0n) is 9.94. The van der Waals surface area contributed by atoms with E-state index in [0.717, 1.165) is 12.3 Å². The highest BCUT2D eigenvalue weighted by molar-refractivity contribution is 5.04. The second-order valence-electron chi connectivity index (χ2n) is 4.36. The lowest BCUT2D eigenvalue weighted by Crippen LogP contribution is -2.54. The molecule has 0 saturated carbocycles. The molecule has 2 rings (SSSR count). The first-order valence-electron chi connectivity index (χ1n) is 5.58. The lowest BCUT2D eigenvalue weighted by molar-refractivity contribution is -0.185. The molecule has 0 unspecified atom stereocenters. The molecule has 112 valence electrons. The standard InChI is InChI=1S/C10H12F2N2O6/c11-7(12)10(19)6(17)4(3-15)20-8(10)14-2-1-5(16)13-9(14)18/h1-2,4,6-8,15,17,19H,3H2,(H,13,16,18)/t4-,6-,8+,10-/m1/s1. The third-order valence-corrected chi connectivity index (χ3v) is 3.16. The summed E-state index contributed by atoms with van der Waals surface area (Å²) in [5, 5.41) is 28.6. The maximum Gasteiger partial charge on any atom is 0.330 e. The van der Waals surface area contributed by atoms with Crippen LogP contribution in [0.15, 0.2) is 21.9 Å². The van der Waals surface area contributed by atoms with Crippen molar-refractivity contribution in [1.29, 1.82) is 0 Å². The van der Waals surface area contributed by atoms with E-state index in [4.69, 9.17) is 9.84 Å². The van der Waals surface area contributed by atoms with E-state index < -0.39 is 48.3 Å². The summed E-state index contributed by atoms with van der Waals surface area (Å²) < 4.78 is 31.6. The van der Waals surface area contributed by atoms with Crippen molar-refractivity contribution in [2.75, 3.05) is 6.61 Å². The number of aromatic nitrogens is 2. The predicted molar refractivity (Wildman–Crippen MR) is 59.3 cm³/mol. The van der Waals surface area contributed by atoms with Gasteiger partial charge in [-0.25, -0.2) is 13.6 Å². The maximum absolute atomic E-state index is 13.1. The van der Waals surface area contributed by atoms with Gasteiger partial charge >= 0.3 is 5.69 Å².